The number of nitrogens with one attached hydrogen (secondary N) is 1. The van der Waals surface area contributed by atoms with E-state index in [1.807, 2.05) is 12.1 Å². The summed E-state index contributed by atoms with van der Waals surface area (Å²) in [6, 6.07) is 6.20. The second-order valence-corrected chi connectivity index (χ2v) is 8.81. The van der Waals surface area contributed by atoms with Crippen LogP contribution in [0, 0.1) is 11.8 Å². The zero-order valence-corrected chi connectivity index (χ0v) is 16.5. The van der Waals surface area contributed by atoms with Gasteiger partial charge in [-0.2, -0.15) is 0 Å². The minimum Gasteiger partial charge on any atom is -0.497 e. The van der Waals surface area contributed by atoms with Crippen LogP contribution < -0.4 is 4.74 Å². The molecule has 148 valence electrons. The third-order valence-electron chi connectivity index (χ3n) is 7.80. The molecule has 3 saturated heterocycles. The van der Waals surface area contributed by atoms with Crippen molar-refractivity contribution in [3.63, 3.8) is 0 Å². The fourth-order valence-electron chi connectivity index (χ4n) is 6.84. The number of H-pyrrole nitrogens is 1. The number of nitrogens with zero attached hydrogens (tertiary/aromatic N) is 1. The molecule has 6 heteroatoms. The van der Waals surface area contributed by atoms with E-state index in [4.69, 9.17) is 14.2 Å². The lowest BCUT2D eigenvalue weighted by molar-refractivity contribution is -0.189. The maximum absolute atomic E-state index is 13.5. The standard InChI is InChI=1S/C22H26N2O4/c1-4-11-7-12-9-22(21(25)27-3)18-17(16-10-24(19(11)22)20(12)28-16)14-8-13(26-2)5-6-15(14)23-18/h5-6,8,11-12,16,19-20,23H,4,7,9-10H2,1-3H3/t11-,12+,16-,19-,20?,22+/m0/s1. The Hall–Kier alpha value is -2.05. The van der Waals surface area contributed by atoms with E-state index in [9.17, 15) is 4.79 Å². The first-order chi connectivity index (χ1) is 13.6. The molecule has 2 aromatic rings. The van der Waals surface area contributed by atoms with Crippen LogP contribution in [0.25, 0.3) is 10.9 Å². The molecule has 4 aliphatic heterocycles. The summed E-state index contributed by atoms with van der Waals surface area (Å²) in [6.45, 7) is 3.09. The number of carbonyl (C=O) groups excluding carboxylic acids is 1. The second kappa shape index (κ2) is 5.51. The summed E-state index contributed by atoms with van der Waals surface area (Å²) in [5, 5.41) is 1.10. The molecular formula is C22H26N2O4. The molecule has 2 unspecified atom stereocenters. The fraction of sp³-hybridized carbons (Fsp3) is 0.591. The van der Waals surface area contributed by atoms with E-state index >= 15 is 0 Å². The maximum Gasteiger partial charge on any atom is 0.319 e. The Morgan fingerprint density at radius 1 is 1.39 bits per heavy atom. The molecule has 0 amide bonds. The topological polar surface area (TPSA) is 63.8 Å². The predicted octanol–water partition coefficient (Wildman–Crippen LogP) is 3.12. The van der Waals surface area contributed by atoms with Crippen molar-refractivity contribution < 1.29 is 19.0 Å². The van der Waals surface area contributed by atoms with Crippen molar-refractivity contribution in [3.8, 4) is 5.75 Å². The van der Waals surface area contributed by atoms with Gasteiger partial charge in [-0.15, -0.1) is 0 Å². The van der Waals surface area contributed by atoms with Gasteiger partial charge in [-0.3, -0.25) is 9.69 Å². The number of aromatic amines is 1. The minimum absolute atomic E-state index is 0.0201. The van der Waals surface area contributed by atoms with E-state index in [2.05, 4.69) is 22.9 Å². The van der Waals surface area contributed by atoms with Crippen molar-refractivity contribution in [2.75, 3.05) is 20.8 Å². The summed E-state index contributed by atoms with van der Waals surface area (Å²) in [5.41, 5.74) is 2.53. The van der Waals surface area contributed by atoms with Crippen LogP contribution in [0.4, 0.5) is 0 Å². The summed E-state index contributed by atoms with van der Waals surface area (Å²) in [5.74, 6) is 1.56. The van der Waals surface area contributed by atoms with Gasteiger partial charge < -0.3 is 19.2 Å². The Balaban J connectivity index is 1.68. The van der Waals surface area contributed by atoms with E-state index in [0.29, 0.717) is 11.8 Å². The number of esters is 1. The van der Waals surface area contributed by atoms with Crippen molar-refractivity contribution in [1.82, 2.24) is 9.88 Å². The number of ether oxygens (including phenoxy) is 3. The molecule has 28 heavy (non-hydrogen) atoms. The number of methoxy groups -OCH3 is 2. The molecule has 0 radical (unpaired) electrons. The van der Waals surface area contributed by atoms with Crippen LogP contribution in [0.3, 0.4) is 0 Å². The first kappa shape index (κ1) is 16.9. The van der Waals surface area contributed by atoms with Crippen LogP contribution in [-0.2, 0) is 19.7 Å². The lowest BCUT2D eigenvalue weighted by Gasteiger charge is -2.59. The highest BCUT2D eigenvalue weighted by molar-refractivity contribution is 5.93. The monoisotopic (exact) mass is 382 g/mol. The van der Waals surface area contributed by atoms with Gasteiger partial charge in [0, 0.05) is 40.7 Å². The zero-order valence-electron chi connectivity index (χ0n) is 16.5. The summed E-state index contributed by atoms with van der Waals surface area (Å²) < 4.78 is 17.6. The molecule has 4 fully saturated rings. The summed E-state index contributed by atoms with van der Waals surface area (Å²) in [4.78, 5) is 19.6. The van der Waals surface area contributed by atoms with Crippen molar-refractivity contribution in [1.29, 1.82) is 0 Å². The number of rotatable bonds is 3. The average Bonchev–Trinajstić information content (AvgIpc) is 3.31. The quantitative estimate of drug-likeness (QED) is 0.827. The summed E-state index contributed by atoms with van der Waals surface area (Å²) in [6.07, 6.45) is 3.10. The van der Waals surface area contributed by atoms with Crippen molar-refractivity contribution in [2.45, 2.75) is 50.0 Å². The summed E-state index contributed by atoms with van der Waals surface area (Å²) in [7, 11) is 3.21. The minimum atomic E-state index is -0.644. The smallest absolute Gasteiger partial charge is 0.319 e. The van der Waals surface area contributed by atoms with E-state index in [-0.39, 0.29) is 24.3 Å². The van der Waals surface area contributed by atoms with Gasteiger partial charge in [0.15, 0.2) is 0 Å². The van der Waals surface area contributed by atoms with E-state index < -0.39 is 5.41 Å². The van der Waals surface area contributed by atoms with Crippen LogP contribution in [-0.4, -0.2) is 48.9 Å². The first-order valence-corrected chi connectivity index (χ1v) is 10.3. The van der Waals surface area contributed by atoms with Gasteiger partial charge in [0.2, 0.25) is 0 Å². The van der Waals surface area contributed by atoms with Gasteiger partial charge >= 0.3 is 5.97 Å². The predicted molar refractivity (Wildman–Crippen MR) is 103 cm³/mol. The Kier molecular flexibility index (Phi) is 3.32. The highest BCUT2D eigenvalue weighted by Gasteiger charge is 2.69. The van der Waals surface area contributed by atoms with Gasteiger partial charge in [-0.25, -0.2) is 0 Å². The Morgan fingerprint density at radius 2 is 2.25 bits per heavy atom. The van der Waals surface area contributed by atoms with Crippen molar-refractivity contribution in [3.05, 3.63) is 29.5 Å². The zero-order chi connectivity index (χ0) is 19.2. The number of hydrogen-bond donors (Lipinski definition) is 1. The van der Waals surface area contributed by atoms with Crippen LogP contribution >= 0.6 is 0 Å². The molecule has 0 spiro atoms. The van der Waals surface area contributed by atoms with Crippen molar-refractivity contribution >= 4 is 16.9 Å². The first-order valence-electron chi connectivity index (χ1n) is 10.3. The molecule has 5 bridgehead atoms. The highest BCUT2D eigenvalue weighted by Crippen LogP contribution is 2.62. The molecule has 5 heterocycles. The normalized spacial score (nSPS) is 39.8. The largest absolute Gasteiger partial charge is 0.497 e. The molecule has 1 aromatic heterocycles. The second-order valence-electron chi connectivity index (χ2n) is 8.81. The Morgan fingerprint density at radius 3 is 3.00 bits per heavy atom. The number of carbonyl (C=O) groups is 1. The van der Waals surface area contributed by atoms with Crippen LogP contribution in [0.15, 0.2) is 18.2 Å². The maximum atomic E-state index is 13.5. The third kappa shape index (κ3) is 1.79. The van der Waals surface area contributed by atoms with E-state index in [1.54, 1.807) is 7.11 Å². The average molecular weight is 382 g/mol. The Labute approximate surface area is 164 Å². The summed E-state index contributed by atoms with van der Waals surface area (Å²) >= 11 is 0. The van der Waals surface area contributed by atoms with E-state index in [0.717, 1.165) is 53.7 Å². The number of hydrogen-bond acceptors (Lipinski definition) is 5. The molecule has 1 saturated carbocycles. The lowest BCUT2D eigenvalue weighted by Crippen LogP contribution is -2.69. The highest BCUT2D eigenvalue weighted by atomic mass is 16.5. The van der Waals surface area contributed by atoms with Gasteiger partial charge in [0.05, 0.1) is 20.3 Å². The van der Waals surface area contributed by atoms with Crippen LogP contribution in [0.5, 0.6) is 5.75 Å². The Bertz CT molecular complexity index is 984. The van der Waals surface area contributed by atoms with Crippen LogP contribution in [0.2, 0.25) is 0 Å². The number of benzene rings is 1. The molecule has 1 aromatic carbocycles. The molecule has 7 rings (SSSR count). The van der Waals surface area contributed by atoms with Crippen molar-refractivity contribution in [2.24, 2.45) is 11.8 Å². The SMILES string of the molecule is CC[C@H]1C[C@@H]2C[C@@]3(C(=O)OC)c4[nH]c5ccc(OC)cc5c4[C@@H]4CN(C2O4)[C@@H]13. The van der Waals surface area contributed by atoms with Gasteiger partial charge in [-0.05, 0) is 37.0 Å². The number of piperidine rings is 2. The van der Waals surface area contributed by atoms with Crippen LogP contribution in [0.1, 0.15) is 43.5 Å². The molecular weight excluding hydrogens is 356 g/mol. The van der Waals surface area contributed by atoms with Gasteiger partial charge in [-0.1, -0.05) is 13.3 Å². The molecule has 1 aliphatic carbocycles. The molecule has 7 atom stereocenters. The lowest BCUT2D eigenvalue weighted by atomic mass is 9.55. The fourth-order valence-corrected chi connectivity index (χ4v) is 6.84. The molecule has 5 aliphatic rings. The van der Waals surface area contributed by atoms with Gasteiger partial charge in [0.25, 0.3) is 0 Å². The number of aromatic nitrogens is 1. The molecule has 1 N–H and O–H groups in total. The number of fused-ring (bicyclic) bond motifs is 6. The molecule has 6 nitrogen and oxygen atoms in total. The van der Waals surface area contributed by atoms with Gasteiger partial charge in [0.1, 0.15) is 17.4 Å². The third-order valence-corrected chi connectivity index (χ3v) is 7.80. The van der Waals surface area contributed by atoms with E-state index in [1.165, 1.54) is 7.11 Å².